The number of hydrogen-bond donors (Lipinski definition) is 3. The summed E-state index contributed by atoms with van der Waals surface area (Å²) < 4.78 is 5.36. The molecule has 1 amide bonds. The van der Waals surface area contributed by atoms with Gasteiger partial charge in [0.05, 0.1) is 25.0 Å². The van der Waals surface area contributed by atoms with Crippen LogP contribution >= 0.6 is 0 Å². The molecule has 8 heteroatoms. The number of nitrogens with one attached hydrogen (secondary N) is 1. The van der Waals surface area contributed by atoms with Crippen LogP contribution in [0.2, 0.25) is 0 Å². The van der Waals surface area contributed by atoms with Gasteiger partial charge in [-0.3, -0.25) is 4.79 Å². The van der Waals surface area contributed by atoms with Crippen molar-refractivity contribution in [3.63, 3.8) is 0 Å². The highest BCUT2D eigenvalue weighted by molar-refractivity contribution is 5.93. The highest BCUT2D eigenvalue weighted by Gasteiger charge is 2.18. The molecule has 0 spiro atoms. The first-order valence-corrected chi connectivity index (χ1v) is 7.31. The third kappa shape index (κ3) is 4.27. The van der Waals surface area contributed by atoms with Gasteiger partial charge in [0.1, 0.15) is 11.4 Å². The van der Waals surface area contributed by atoms with Crippen molar-refractivity contribution in [2.75, 3.05) is 13.2 Å². The normalized spacial score (nSPS) is 12.0. The molecule has 8 nitrogen and oxygen atoms in total. The van der Waals surface area contributed by atoms with Gasteiger partial charge in [-0.25, -0.2) is 0 Å². The van der Waals surface area contributed by atoms with Crippen LogP contribution < -0.4 is 10.1 Å². The highest BCUT2D eigenvalue weighted by atomic mass is 16.5. The molecule has 1 aromatic carbocycles. The standard InChI is InChI=1S/C15H20N4O4/c1-3-23-12-6-4-11(5-7-12)19-17-13(9-20)14(18-19)15(22)16-8-10(2)21/h4-7,10,20-21H,3,8-9H2,1-2H3,(H,16,22)/t10-/m1/s1. The molecule has 2 aromatic rings. The van der Waals surface area contributed by atoms with Gasteiger partial charge < -0.3 is 20.3 Å². The van der Waals surface area contributed by atoms with Crippen molar-refractivity contribution >= 4 is 5.91 Å². The molecule has 0 saturated carbocycles. The molecule has 124 valence electrons. The van der Waals surface area contributed by atoms with Gasteiger partial charge in [0, 0.05) is 6.54 Å². The topological polar surface area (TPSA) is 110 Å². The Morgan fingerprint density at radius 3 is 2.61 bits per heavy atom. The molecule has 0 bridgehead atoms. The number of hydrogen-bond acceptors (Lipinski definition) is 6. The third-order valence-corrected chi connectivity index (χ3v) is 2.99. The Labute approximate surface area is 133 Å². The maximum absolute atomic E-state index is 12.0. The minimum absolute atomic E-state index is 0.0297. The van der Waals surface area contributed by atoms with Crippen molar-refractivity contribution in [3.05, 3.63) is 35.7 Å². The van der Waals surface area contributed by atoms with E-state index in [2.05, 4.69) is 15.5 Å². The summed E-state index contributed by atoms with van der Waals surface area (Å²) in [7, 11) is 0. The summed E-state index contributed by atoms with van der Waals surface area (Å²) in [6.07, 6.45) is -0.669. The minimum Gasteiger partial charge on any atom is -0.494 e. The fourth-order valence-corrected chi connectivity index (χ4v) is 1.90. The number of benzene rings is 1. The Hall–Kier alpha value is -2.45. The Bertz CT molecular complexity index is 652. The quantitative estimate of drug-likeness (QED) is 0.675. The lowest BCUT2D eigenvalue weighted by Crippen LogP contribution is -2.31. The predicted octanol–water partition coefficient (Wildman–Crippen LogP) is 0.269. The summed E-state index contributed by atoms with van der Waals surface area (Å²) in [6.45, 7) is 3.72. The van der Waals surface area contributed by atoms with Crippen LogP contribution in [-0.2, 0) is 6.61 Å². The van der Waals surface area contributed by atoms with Gasteiger partial charge >= 0.3 is 0 Å². The molecule has 1 heterocycles. The fourth-order valence-electron chi connectivity index (χ4n) is 1.90. The average molecular weight is 320 g/mol. The van der Waals surface area contributed by atoms with E-state index in [9.17, 15) is 15.0 Å². The summed E-state index contributed by atoms with van der Waals surface area (Å²) in [5.41, 5.74) is 0.835. The second kappa shape index (κ2) is 7.70. The van der Waals surface area contributed by atoms with Gasteiger partial charge in [0.2, 0.25) is 0 Å². The molecule has 0 fully saturated rings. The van der Waals surface area contributed by atoms with Gasteiger partial charge in [0.25, 0.3) is 5.91 Å². The molecule has 1 atom stereocenters. The van der Waals surface area contributed by atoms with Crippen LogP contribution in [0.25, 0.3) is 5.69 Å². The number of amides is 1. The molecule has 23 heavy (non-hydrogen) atoms. The predicted molar refractivity (Wildman–Crippen MR) is 82.5 cm³/mol. The minimum atomic E-state index is -0.669. The first-order chi connectivity index (χ1) is 11.0. The maximum Gasteiger partial charge on any atom is 0.273 e. The zero-order valence-corrected chi connectivity index (χ0v) is 13.1. The molecule has 3 N–H and O–H groups in total. The van der Waals surface area contributed by atoms with E-state index < -0.39 is 18.6 Å². The molecular formula is C15H20N4O4. The second-order valence-corrected chi connectivity index (χ2v) is 4.93. The second-order valence-electron chi connectivity index (χ2n) is 4.93. The molecule has 2 rings (SSSR count). The lowest BCUT2D eigenvalue weighted by molar-refractivity contribution is 0.0915. The van der Waals surface area contributed by atoms with Crippen LogP contribution in [0.3, 0.4) is 0 Å². The SMILES string of the molecule is CCOc1ccc(-n2nc(CO)c(C(=O)NC[C@@H](C)O)n2)cc1. The Kier molecular flexibility index (Phi) is 5.67. The molecule has 1 aromatic heterocycles. The van der Waals surface area contributed by atoms with Crippen LogP contribution in [0.15, 0.2) is 24.3 Å². The molecule has 0 saturated heterocycles. The van der Waals surface area contributed by atoms with Crippen LogP contribution in [-0.4, -0.2) is 50.4 Å². The van der Waals surface area contributed by atoms with E-state index in [1.165, 1.54) is 4.80 Å². The van der Waals surface area contributed by atoms with Crippen molar-refractivity contribution in [1.82, 2.24) is 20.3 Å². The van der Waals surface area contributed by atoms with E-state index in [4.69, 9.17) is 4.74 Å². The van der Waals surface area contributed by atoms with Crippen molar-refractivity contribution < 1.29 is 19.7 Å². The number of carbonyl (C=O) groups is 1. The molecular weight excluding hydrogens is 300 g/mol. The zero-order valence-electron chi connectivity index (χ0n) is 13.1. The van der Waals surface area contributed by atoms with Crippen LogP contribution in [0.4, 0.5) is 0 Å². The smallest absolute Gasteiger partial charge is 0.273 e. The van der Waals surface area contributed by atoms with Crippen molar-refractivity contribution in [1.29, 1.82) is 0 Å². The largest absolute Gasteiger partial charge is 0.494 e. The molecule has 0 radical (unpaired) electrons. The van der Waals surface area contributed by atoms with Crippen LogP contribution in [0.5, 0.6) is 5.75 Å². The van der Waals surface area contributed by atoms with Crippen LogP contribution in [0, 0.1) is 0 Å². The molecule has 0 unspecified atom stereocenters. The molecule has 0 aliphatic rings. The number of aliphatic hydroxyl groups excluding tert-OH is 2. The van der Waals surface area contributed by atoms with Gasteiger partial charge in [-0.05, 0) is 38.1 Å². The van der Waals surface area contributed by atoms with E-state index in [1.54, 1.807) is 31.2 Å². The number of rotatable bonds is 7. The maximum atomic E-state index is 12.0. The van der Waals surface area contributed by atoms with Crippen LogP contribution in [0.1, 0.15) is 30.0 Å². The summed E-state index contributed by atoms with van der Waals surface area (Å²) >= 11 is 0. The Morgan fingerprint density at radius 2 is 2.04 bits per heavy atom. The highest BCUT2D eigenvalue weighted by Crippen LogP contribution is 2.15. The van der Waals surface area contributed by atoms with Gasteiger partial charge in [-0.1, -0.05) is 0 Å². The Balaban J connectivity index is 2.22. The zero-order chi connectivity index (χ0) is 16.8. The number of aromatic nitrogens is 3. The summed E-state index contributed by atoms with van der Waals surface area (Å²) in [4.78, 5) is 13.3. The lowest BCUT2D eigenvalue weighted by Gasteiger charge is -2.05. The van der Waals surface area contributed by atoms with E-state index in [0.717, 1.165) is 5.75 Å². The third-order valence-electron chi connectivity index (χ3n) is 2.99. The lowest BCUT2D eigenvalue weighted by atomic mass is 10.3. The van der Waals surface area contributed by atoms with E-state index >= 15 is 0 Å². The van der Waals surface area contributed by atoms with Crippen molar-refractivity contribution in [2.45, 2.75) is 26.6 Å². The summed E-state index contributed by atoms with van der Waals surface area (Å²) in [6, 6.07) is 7.05. The van der Waals surface area contributed by atoms with Gasteiger partial charge in [-0.2, -0.15) is 4.80 Å². The van der Waals surface area contributed by atoms with E-state index in [-0.39, 0.29) is 17.9 Å². The summed E-state index contributed by atoms with van der Waals surface area (Å²) in [5, 5.41) is 29.3. The molecule has 0 aliphatic carbocycles. The Morgan fingerprint density at radius 1 is 1.35 bits per heavy atom. The van der Waals surface area contributed by atoms with Crippen molar-refractivity contribution in [3.8, 4) is 11.4 Å². The van der Waals surface area contributed by atoms with E-state index in [1.807, 2.05) is 6.92 Å². The number of carbonyl (C=O) groups excluding carboxylic acids is 1. The number of nitrogens with zero attached hydrogens (tertiary/aromatic N) is 3. The first kappa shape index (κ1) is 16.9. The van der Waals surface area contributed by atoms with E-state index in [0.29, 0.717) is 12.3 Å². The van der Waals surface area contributed by atoms with Crippen molar-refractivity contribution in [2.24, 2.45) is 0 Å². The number of aliphatic hydroxyl groups is 2. The fraction of sp³-hybridized carbons (Fsp3) is 0.400. The molecule has 0 aliphatic heterocycles. The average Bonchev–Trinajstić information content (AvgIpc) is 2.98. The monoisotopic (exact) mass is 320 g/mol. The van der Waals surface area contributed by atoms with Gasteiger partial charge in [-0.15, -0.1) is 10.2 Å². The first-order valence-electron chi connectivity index (χ1n) is 7.31. The number of ether oxygens (including phenoxy) is 1. The van der Waals surface area contributed by atoms with Gasteiger partial charge in [0.15, 0.2) is 5.69 Å². The summed E-state index contributed by atoms with van der Waals surface area (Å²) in [5.74, 6) is 0.229.